The van der Waals surface area contributed by atoms with E-state index in [1.165, 1.54) is 11.8 Å². The molecule has 0 bridgehead atoms. The number of methoxy groups -OCH3 is 1. The summed E-state index contributed by atoms with van der Waals surface area (Å²) in [6.07, 6.45) is 0. The van der Waals surface area contributed by atoms with Gasteiger partial charge in [0.15, 0.2) is 0 Å². The third-order valence-electron chi connectivity index (χ3n) is 4.29. The number of rotatable bonds is 6. The van der Waals surface area contributed by atoms with Crippen molar-refractivity contribution in [2.45, 2.75) is 25.6 Å². The minimum absolute atomic E-state index is 0.0401. The maximum absolute atomic E-state index is 12.4. The van der Waals surface area contributed by atoms with Gasteiger partial charge in [0.25, 0.3) is 5.22 Å². The van der Waals surface area contributed by atoms with Crippen LogP contribution >= 0.6 is 11.8 Å². The summed E-state index contributed by atoms with van der Waals surface area (Å²) < 4.78 is 10.8. The number of hydrogen-bond acceptors (Lipinski definition) is 5. The van der Waals surface area contributed by atoms with Crippen LogP contribution in [0.3, 0.4) is 0 Å². The third kappa shape index (κ3) is 4.19. The number of carbonyl (C=O) groups is 1. The smallest absolute Gasteiger partial charge is 0.256 e. The fourth-order valence-electron chi connectivity index (χ4n) is 2.60. The van der Waals surface area contributed by atoms with E-state index in [-0.39, 0.29) is 5.91 Å². The lowest BCUT2D eigenvalue weighted by molar-refractivity contribution is -0.127. The normalized spacial score (nSPS) is 10.9. The highest BCUT2D eigenvalue weighted by atomic mass is 32.2. The van der Waals surface area contributed by atoms with Crippen LogP contribution in [0.4, 0.5) is 0 Å². The number of ether oxygens (including phenoxy) is 1. The van der Waals surface area contributed by atoms with Crippen LogP contribution in [0.25, 0.3) is 10.8 Å². The molecule has 1 amide bonds. The number of fused-ring (bicyclic) bond motifs is 1. The Labute approximate surface area is 157 Å². The molecule has 5 nitrogen and oxygen atoms in total. The number of oxazole rings is 1. The molecular weight excluding hydrogens is 348 g/mol. The Hall–Kier alpha value is -2.47. The van der Waals surface area contributed by atoms with Crippen LogP contribution in [-0.2, 0) is 11.3 Å². The molecule has 1 aromatic heterocycles. The Morgan fingerprint density at radius 1 is 1.19 bits per heavy atom. The molecule has 6 heteroatoms. The Morgan fingerprint density at radius 3 is 2.62 bits per heavy atom. The lowest BCUT2D eigenvalue weighted by atomic mass is 10.1. The van der Waals surface area contributed by atoms with E-state index in [1.54, 1.807) is 12.0 Å². The zero-order chi connectivity index (χ0) is 18.7. The number of amides is 1. The van der Waals surface area contributed by atoms with Crippen molar-refractivity contribution in [1.82, 2.24) is 9.88 Å². The molecule has 3 rings (SSSR count). The Balaban J connectivity index is 1.62. The summed E-state index contributed by atoms with van der Waals surface area (Å²) in [6.45, 7) is 4.33. The van der Waals surface area contributed by atoms with Crippen LogP contribution < -0.4 is 4.74 Å². The minimum atomic E-state index is 0.0401. The predicted octanol–water partition coefficient (Wildman–Crippen LogP) is 4.20. The number of aromatic nitrogens is 1. The first-order valence-corrected chi connectivity index (χ1v) is 9.32. The van der Waals surface area contributed by atoms with E-state index in [9.17, 15) is 4.79 Å². The molecule has 0 spiro atoms. The van der Waals surface area contributed by atoms with Crippen LogP contribution in [0.5, 0.6) is 5.75 Å². The van der Waals surface area contributed by atoms with Crippen molar-refractivity contribution in [3.05, 3.63) is 53.4 Å². The van der Waals surface area contributed by atoms with Gasteiger partial charge in [0.2, 0.25) is 5.91 Å². The van der Waals surface area contributed by atoms with Crippen LogP contribution in [0.1, 0.15) is 17.0 Å². The summed E-state index contributed by atoms with van der Waals surface area (Å²) in [7, 11) is 3.47. The first-order valence-electron chi connectivity index (χ1n) is 8.33. The summed E-state index contributed by atoms with van der Waals surface area (Å²) >= 11 is 1.33. The van der Waals surface area contributed by atoms with E-state index in [4.69, 9.17) is 9.15 Å². The first kappa shape index (κ1) is 18.3. The average Bonchev–Trinajstić information content (AvgIpc) is 2.96. The lowest BCUT2D eigenvalue weighted by Crippen LogP contribution is -2.27. The monoisotopic (exact) mass is 370 g/mol. The number of carbonyl (C=O) groups excluding carboxylic acids is 1. The van der Waals surface area contributed by atoms with Crippen molar-refractivity contribution < 1.29 is 13.9 Å². The van der Waals surface area contributed by atoms with Crippen molar-refractivity contribution in [3.8, 4) is 5.75 Å². The fourth-order valence-corrected chi connectivity index (χ4v) is 3.45. The quantitative estimate of drug-likeness (QED) is 0.609. The fraction of sp³-hybridized carbons (Fsp3) is 0.300. The van der Waals surface area contributed by atoms with E-state index in [0.717, 1.165) is 33.5 Å². The SMILES string of the molecule is COc1ccc2cc(CN(C)C(=O)CSc3nc(C)c(C)o3)ccc2c1. The number of nitrogens with zero attached hydrogens (tertiary/aromatic N) is 2. The van der Waals surface area contributed by atoms with E-state index < -0.39 is 0 Å². The molecule has 0 aliphatic rings. The minimum Gasteiger partial charge on any atom is -0.497 e. The Bertz CT molecular complexity index is 916. The van der Waals surface area contributed by atoms with Crippen molar-refractivity contribution in [3.63, 3.8) is 0 Å². The molecule has 0 radical (unpaired) electrons. The van der Waals surface area contributed by atoms with Gasteiger partial charge >= 0.3 is 0 Å². The van der Waals surface area contributed by atoms with Gasteiger partial charge in [0.1, 0.15) is 11.5 Å². The summed E-state index contributed by atoms with van der Waals surface area (Å²) in [5.74, 6) is 1.98. The summed E-state index contributed by atoms with van der Waals surface area (Å²) in [4.78, 5) is 18.4. The van der Waals surface area contributed by atoms with Crippen molar-refractivity contribution >= 4 is 28.4 Å². The molecule has 0 aliphatic carbocycles. The second kappa shape index (κ2) is 7.83. The molecule has 0 atom stereocenters. The topological polar surface area (TPSA) is 55.6 Å². The number of aryl methyl sites for hydroxylation is 2. The molecule has 2 aromatic carbocycles. The summed E-state index contributed by atoms with van der Waals surface area (Å²) in [6, 6.07) is 12.2. The van der Waals surface area contributed by atoms with Gasteiger partial charge in [-0.3, -0.25) is 4.79 Å². The van der Waals surface area contributed by atoms with E-state index in [1.807, 2.05) is 45.2 Å². The largest absolute Gasteiger partial charge is 0.497 e. The molecule has 0 aliphatic heterocycles. The number of hydrogen-bond donors (Lipinski definition) is 0. The van der Waals surface area contributed by atoms with Gasteiger partial charge in [0.05, 0.1) is 18.6 Å². The molecule has 136 valence electrons. The van der Waals surface area contributed by atoms with Crippen molar-refractivity contribution in [2.24, 2.45) is 0 Å². The van der Waals surface area contributed by atoms with Crippen molar-refractivity contribution in [2.75, 3.05) is 19.9 Å². The molecule has 0 fully saturated rings. The van der Waals surface area contributed by atoms with Gasteiger partial charge in [-0.25, -0.2) is 4.98 Å². The zero-order valence-corrected chi connectivity index (χ0v) is 16.2. The standard InChI is InChI=1S/C20H22N2O3S/c1-13-14(2)25-20(21-13)26-12-19(23)22(3)11-15-5-6-17-10-18(24-4)8-7-16(17)9-15/h5-10H,11-12H2,1-4H3. The number of thioether (sulfide) groups is 1. The highest BCUT2D eigenvalue weighted by Crippen LogP contribution is 2.23. The van der Waals surface area contributed by atoms with E-state index in [0.29, 0.717) is 17.5 Å². The molecular formula is C20H22N2O3S. The number of benzene rings is 2. The molecule has 0 unspecified atom stereocenters. The average molecular weight is 370 g/mol. The second-order valence-corrected chi connectivity index (χ2v) is 7.13. The second-order valence-electron chi connectivity index (χ2n) is 6.21. The predicted molar refractivity (Wildman–Crippen MR) is 104 cm³/mol. The highest BCUT2D eigenvalue weighted by Gasteiger charge is 2.13. The maximum Gasteiger partial charge on any atom is 0.256 e. The van der Waals surface area contributed by atoms with Crippen LogP contribution in [-0.4, -0.2) is 35.7 Å². The first-order chi connectivity index (χ1) is 12.5. The Kier molecular flexibility index (Phi) is 5.52. The Morgan fingerprint density at radius 2 is 1.92 bits per heavy atom. The van der Waals surface area contributed by atoms with Gasteiger partial charge in [-0.15, -0.1) is 0 Å². The van der Waals surface area contributed by atoms with Crippen LogP contribution in [0.2, 0.25) is 0 Å². The van der Waals surface area contributed by atoms with E-state index in [2.05, 4.69) is 17.1 Å². The molecule has 1 heterocycles. The zero-order valence-electron chi connectivity index (χ0n) is 15.4. The van der Waals surface area contributed by atoms with Gasteiger partial charge in [0, 0.05) is 13.6 Å². The van der Waals surface area contributed by atoms with Crippen LogP contribution in [0.15, 0.2) is 46.0 Å². The van der Waals surface area contributed by atoms with E-state index >= 15 is 0 Å². The van der Waals surface area contributed by atoms with Gasteiger partial charge in [-0.1, -0.05) is 30.0 Å². The third-order valence-corrected chi connectivity index (χ3v) is 5.10. The summed E-state index contributed by atoms with van der Waals surface area (Å²) in [5.41, 5.74) is 1.95. The lowest BCUT2D eigenvalue weighted by Gasteiger charge is -2.17. The van der Waals surface area contributed by atoms with Crippen molar-refractivity contribution in [1.29, 1.82) is 0 Å². The molecule has 26 heavy (non-hydrogen) atoms. The van der Waals surface area contributed by atoms with Gasteiger partial charge < -0.3 is 14.1 Å². The van der Waals surface area contributed by atoms with Crippen LogP contribution in [0, 0.1) is 13.8 Å². The molecule has 0 saturated heterocycles. The van der Waals surface area contributed by atoms with Gasteiger partial charge in [-0.2, -0.15) is 0 Å². The maximum atomic E-state index is 12.4. The molecule has 3 aromatic rings. The highest BCUT2D eigenvalue weighted by molar-refractivity contribution is 7.99. The molecule has 0 N–H and O–H groups in total. The summed E-state index contributed by atoms with van der Waals surface area (Å²) in [5, 5.41) is 2.79. The van der Waals surface area contributed by atoms with Gasteiger partial charge in [-0.05, 0) is 48.4 Å². The molecule has 0 saturated carbocycles.